The molecule has 1 aliphatic heterocycles. The average molecular weight is 328 g/mol. The number of nitrogens with one attached hydrogen (secondary N) is 1. The van der Waals surface area contributed by atoms with Crippen LogP contribution < -0.4 is 10.9 Å². The SMILES string of the molecule is CC1CCN(CCCNC(=O)c2cc3ccccc3oc2=O)CC1. The first kappa shape index (κ1) is 16.7. The van der Waals surface area contributed by atoms with Gasteiger partial charge in [-0.2, -0.15) is 0 Å². The Hall–Kier alpha value is -2.14. The molecule has 1 aromatic carbocycles. The first-order valence-corrected chi connectivity index (χ1v) is 8.67. The zero-order chi connectivity index (χ0) is 16.9. The summed E-state index contributed by atoms with van der Waals surface area (Å²) in [5.74, 6) is 0.467. The van der Waals surface area contributed by atoms with Gasteiger partial charge in [-0.25, -0.2) is 4.79 Å². The van der Waals surface area contributed by atoms with Crippen molar-refractivity contribution in [3.8, 4) is 0 Å². The fourth-order valence-corrected chi connectivity index (χ4v) is 3.11. The Balaban J connectivity index is 1.52. The highest BCUT2D eigenvalue weighted by molar-refractivity contribution is 5.96. The fraction of sp³-hybridized carbons (Fsp3) is 0.474. The number of nitrogens with zero attached hydrogens (tertiary/aromatic N) is 1. The first-order chi connectivity index (χ1) is 11.6. The quantitative estimate of drug-likeness (QED) is 0.677. The van der Waals surface area contributed by atoms with Crippen LogP contribution in [-0.2, 0) is 0 Å². The van der Waals surface area contributed by atoms with Gasteiger partial charge in [-0.05, 0) is 56.9 Å². The maximum Gasteiger partial charge on any atom is 0.349 e. The molecule has 1 saturated heterocycles. The molecular formula is C19H24N2O3. The molecule has 5 heteroatoms. The smallest absolute Gasteiger partial charge is 0.349 e. The van der Waals surface area contributed by atoms with Gasteiger partial charge in [0.2, 0.25) is 0 Å². The van der Waals surface area contributed by atoms with Crippen LogP contribution in [0.3, 0.4) is 0 Å². The molecule has 2 aromatic rings. The van der Waals surface area contributed by atoms with Gasteiger partial charge < -0.3 is 14.6 Å². The number of carbonyl (C=O) groups is 1. The minimum Gasteiger partial charge on any atom is -0.422 e. The van der Waals surface area contributed by atoms with Crippen molar-refractivity contribution in [2.45, 2.75) is 26.2 Å². The van der Waals surface area contributed by atoms with Crippen LogP contribution in [-0.4, -0.2) is 37.0 Å². The fourth-order valence-electron chi connectivity index (χ4n) is 3.11. The summed E-state index contributed by atoms with van der Waals surface area (Å²) >= 11 is 0. The van der Waals surface area contributed by atoms with Crippen molar-refractivity contribution in [1.29, 1.82) is 0 Å². The van der Waals surface area contributed by atoms with Crippen molar-refractivity contribution in [2.75, 3.05) is 26.2 Å². The molecule has 1 aliphatic rings. The lowest BCUT2D eigenvalue weighted by molar-refractivity contribution is 0.0947. The molecule has 0 spiro atoms. The number of amides is 1. The Kier molecular flexibility index (Phi) is 5.30. The van der Waals surface area contributed by atoms with E-state index in [9.17, 15) is 9.59 Å². The largest absolute Gasteiger partial charge is 0.422 e. The standard InChI is InChI=1S/C19H24N2O3/c1-14-7-11-21(12-8-14)10-4-9-20-18(22)16-13-15-5-2-3-6-17(15)24-19(16)23/h2-3,5-6,13-14H,4,7-12H2,1H3,(H,20,22). The molecule has 0 bridgehead atoms. The molecule has 0 atom stereocenters. The molecule has 5 nitrogen and oxygen atoms in total. The summed E-state index contributed by atoms with van der Waals surface area (Å²) in [6, 6.07) is 8.79. The first-order valence-electron chi connectivity index (χ1n) is 8.67. The van der Waals surface area contributed by atoms with E-state index in [1.54, 1.807) is 18.2 Å². The topological polar surface area (TPSA) is 62.6 Å². The summed E-state index contributed by atoms with van der Waals surface area (Å²) in [6.07, 6.45) is 3.40. The van der Waals surface area contributed by atoms with Crippen LogP contribution in [0, 0.1) is 5.92 Å². The summed E-state index contributed by atoms with van der Waals surface area (Å²) in [7, 11) is 0. The van der Waals surface area contributed by atoms with Crippen molar-refractivity contribution >= 4 is 16.9 Å². The Morgan fingerprint density at radius 3 is 2.83 bits per heavy atom. The molecule has 1 N–H and O–H groups in total. The number of carbonyl (C=O) groups excluding carboxylic acids is 1. The second-order valence-corrected chi connectivity index (χ2v) is 6.62. The monoisotopic (exact) mass is 328 g/mol. The number of benzene rings is 1. The number of rotatable bonds is 5. The van der Waals surface area contributed by atoms with Gasteiger partial charge in [-0.15, -0.1) is 0 Å². The highest BCUT2D eigenvalue weighted by Gasteiger charge is 2.16. The number of hydrogen-bond acceptors (Lipinski definition) is 4. The van der Waals surface area contributed by atoms with Crippen LogP contribution in [0.4, 0.5) is 0 Å². The molecular weight excluding hydrogens is 304 g/mol. The van der Waals surface area contributed by atoms with Gasteiger partial charge in [0.15, 0.2) is 0 Å². The van der Waals surface area contributed by atoms with Crippen LogP contribution in [0.2, 0.25) is 0 Å². The zero-order valence-electron chi connectivity index (χ0n) is 14.1. The van der Waals surface area contributed by atoms with E-state index < -0.39 is 5.63 Å². The molecule has 0 radical (unpaired) electrons. The third-order valence-corrected chi connectivity index (χ3v) is 4.70. The molecule has 0 unspecified atom stereocenters. The van der Waals surface area contributed by atoms with Gasteiger partial charge in [0.1, 0.15) is 11.1 Å². The van der Waals surface area contributed by atoms with Crippen LogP contribution in [0.25, 0.3) is 11.0 Å². The third-order valence-electron chi connectivity index (χ3n) is 4.70. The number of likely N-dealkylation sites (tertiary alicyclic amines) is 1. The summed E-state index contributed by atoms with van der Waals surface area (Å²) in [6.45, 7) is 6.13. The third kappa shape index (κ3) is 4.03. The zero-order valence-corrected chi connectivity index (χ0v) is 14.1. The van der Waals surface area contributed by atoms with E-state index in [2.05, 4.69) is 17.1 Å². The minimum absolute atomic E-state index is 0.0699. The molecule has 1 fully saturated rings. The van der Waals surface area contributed by atoms with Crippen molar-refractivity contribution in [1.82, 2.24) is 10.2 Å². The highest BCUT2D eigenvalue weighted by atomic mass is 16.4. The predicted molar refractivity (Wildman–Crippen MR) is 94.3 cm³/mol. The summed E-state index contributed by atoms with van der Waals surface area (Å²) in [5.41, 5.74) is -0.0184. The minimum atomic E-state index is -0.587. The summed E-state index contributed by atoms with van der Waals surface area (Å²) in [5, 5.41) is 3.58. The molecule has 1 amide bonds. The van der Waals surface area contributed by atoms with Gasteiger partial charge in [0.25, 0.3) is 5.91 Å². The lowest BCUT2D eigenvalue weighted by Gasteiger charge is -2.30. The summed E-state index contributed by atoms with van der Waals surface area (Å²) in [4.78, 5) is 26.6. The van der Waals surface area contributed by atoms with Gasteiger partial charge in [-0.3, -0.25) is 4.79 Å². The normalized spacial score (nSPS) is 16.4. The number of para-hydroxylation sites is 1. The Bertz CT molecular complexity index is 761. The number of piperidine rings is 1. The summed E-state index contributed by atoms with van der Waals surface area (Å²) < 4.78 is 5.20. The molecule has 0 saturated carbocycles. The van der Waals surface area contributed by atoms with Crippen LogP contribution >= 0.6 is 0 Å². The molecule has 24 heavy (non-hydrogen) atoms. The van der Waals surface area contributed by atoms with E-state index in [0.717, 1.165) is 37.4 Å². The van der Waals surface area contributed by atoms with Gasteiger partial charge in [0.05, 0.1) is 0 Å². The molecule has 1 aromatic heterocycles. The van der Waals surface area contributed by atoms with Gasteiger partial charge in [0, 0.05) is 11.9 Å². The van der Waals surface area contributed by atoms with Crippen molar-refractivity contribution in [3.63, 3.8) is 0 Å². The maximum absolute atomic E-state index is 12.2. The maximum atomic E-state index is 12.2. The average Bonchev–Trinajstić information content (AvgIpc) is 2.59. The van der Waals surface area contributed by atoms with Crippen LogP contribution in [0.1, 0.15) is 36.5 Å². The van der Waals surface area contributed by atoms with E-state index in [1.165, 1.54) is 12.8 Å². The Morgan fingerprint density at radius 1 is 1.29 bits per heavy atom. The molecule has 3 rings (SSSR count). The number of hydrogen-bond donors (Lipinski definition) is 1. The lowest BCUT2D eigenvalue weighted by atomic mass is 9.99. The number of fused-ring (bicyclic) bond motifs is 1. The van der Waals surface area contributed by atoms with Crippen molar-refractivity contribution in [3.05, 3.63) is 46.3 Å². The van der Waals surface area contributed by atoms with E-state index in [1.807, 2.05) is 12.1 Å². The molecule has 0 aliphatic carbocycles. The molecule has 128 valence electrons. The van der Waals surface area contributed by atoms with E-state index in [0.29, 0.717) is 12.1 Å². The second kappa shape index (κ2) is 7.62. The van der Waals surface area contributed by atoms with Gasteiger partial charge in [-0.1, -0.05) is 25.1 Å². The van der Waals surface area contributed by atoms with Crippen molar-refractivity contribution in [2.24, 2.45) is 5.92 Å². The van der Waals surface area contributed by atoms with E-state index in [4.69, 9.17) is 4.42 Å². The van der Waals surface area contributed by atoms with Crippen molar-refractivity contribution < 1.29 is 9.21 Å². The van der Waals surface area contributed by atoms with Gasteiger partial charge >= 0.3 is 5.63 Å². The van der Waals surface area contributed by atoms with E-state index in [-0.39, 0.29) is 11.5 Å². The van der Waals surface area contributed by atoms with E-state index >= 15 is 0 Å². The van der Waals surface area contributed by atoms with Crippen LogP contribution in [0.5, 0.6) is 0 Å². The second-order valence-electron chi connectivity index (χ2n) is 6.62. The molecule has 2 heterocycles. The predicted octanol–water partition coefficient (Wildman–Crippen LogP) is 2.64. The Morgan fingerprint density at radius 2 is 2.04 bits per heavy atom. The van der Waals surface area contributed by atoms with Crippen LogP contribution in [0.15, 0.2) is 39.5 Å². The lowest BCUT2D eigenvalue weighted by Crippen LogP contribution is -2.36. The highest BCUT2D eigenvalue weighted by Crippen LogP contribution is 2.16. The Labute approximate surface area is 141 Å².